The zero-order valence-electron chi connectivity index (χ0n) is 15.2. The zero-order valence-corrected chi connectivity index (χ0v) is 15.9. The summed E-state index contributed by atoms with van der Waals surface area (Å²) in [6.07, 6.45) is 0. The van der Waals surface area contributed by atoms with Gasteiger partial charge in [0, 0.05) is 43.0 Å². The molecule has 0 aliphatic carbocycles. The van der Waals surface area contributed by atoms with Crippen molar-refractivity contribution in [2.75, 3.05) is 54.9 Å². The quantitative estimate of drug-likeness (QED) is 0.656. The molecule has 0 spiro atoms. The van der Waals surface area contributed by atoms with Gasteiger partial charge < -0.3 is 25.6 Å². The maximum absolute atomic E-state index is 11.9. The van der Waals surface area contributed by atoms with Gasteiger partial charge in [-0.2, -0.15) is 0 Å². The number of morpholine rings is 1. The number of rotatable bonds is 6. The molecule has 3 rings (SSSR count). The Hall–Kier alpha value is -2.58. The number of aryl methyl sites for hydroxylation is 1. The molecule has 1 saturated heterocycles. The number of aromatic nitrogens is 2. The standard InChI is InChI=1S/C18H23ClN6O2/c1-13-22-16(12-17(23-13)25-7-9-27-10-8-25)20-5-6-21-18(26)24-15-4-2-3-14(19)11-15/h2-4,11-12H,5-10H2,1H3,(H,20,22,23)(H2,21,24,26). The molecule has 0 unspecified atom stereocenters. The van der Waals surface area contributed by atoms with Crippen LogP contribution in [0.2, 0.25) is 5.02 Å². The second-order valence-electron chi connectivity index (χ2n) is 6.08. The summed E-state index contributed by atoms with van der Waals surface area (Å²) >= 11 is 5.90. The lowest BCUT2D eigenvalue weighted by Gasteiger charge is -2.28. The fourth-order valence-electron chi connectivity index (χ4n) is 2.71. The van der Waals surface area contributed by atoms with Gasteiger partial charge in [-0.05, 0) is 25.1 Å². The Morgan fingerprint density at radius 1 is 1.22 bits per heavy atom. The molecule has 0 saturated carbocycles. The number of urea groups is 1. The van der Waals surface area contributed by atoms with Crippen molar-refractivity contribution in [3.8, 4) is 0 Å². The third kappa shape index (κ3) is 5.97. The van der Waals surface area contributed by atoms with E-state index in [4.69, 9.17) is 16.3 Å². The van der Waals surface area contributed by atoms with Crippen molar-refractivity contribution in [1.82, 2.24) is 15.3 Å². The third-order valence-electron chi connectivity index (χ3n) is 3.96. The molecule has 1 aliphatic heterocycles. The van der Waals surface area contributed by atoms with Gasteiger partial charge in [-0.3, -0.25) is 0 Å². The lowest BCUT2D eigenvalue weighted by molar-refractivity contribution is 0.122. The van der Waals surface area contributed by atoms with E-state index in [2.05, 4.69) is 30.8 Å². The number of amides is 2. The fourth-order valence-corrected chi connectivity index (χ4v) is 2.90. The summed E-state index contributed by atoms with van der Waals surface area (Å²) < 4.78 is 5.38. The molecular formula is C18H23ClN6O2. The van der Waals surface area contributed by atoms with E-state index in [-0.39, 0.29) is 6.03 Å². The first-order valence-electron chi connectivity index (χ1n) is 8.83. The number of anilines is 3. The average Bonchev–Trinajstić information content (AvgIpc) is 2.65. The molecular weight excluding hydrogens is 368 g/mol. The van der Waals surface area contributed by atoms with Crippen LogP contribution in [0.5, 0.6) is 0 Å². The minimum absolute atomic E-state index is 0.285. The summed E-state index contributed by atoms with van der Waals surface area (Å²) in [6.45, 7) is 5.91. The van der Waals surface area contributed by atoms with E-state index in [1.165, 1.54) is 0 Å². The Morgan fingerprint density at radius 3 is 2.81 bits per heavy atom. The number of carbonyl (C=O) groups excluding carboxylic acids is 1. The summed E-state index contributed by atoms with van der Waals surface area (Å²) in [7, 11) is 0. The molecule has 3 N–H and O–H groups in total. The lowest BCUT2D eigenvalue weighted by Crippen LogP contribution is -2.37. The smallest absolute Gasteiger partial charge is 0.319 e. The Bertz CT molecular complexity index is 782. The van der Waals surface area contributed by atoms with E-state index in [0.717, 1.165) is 24.7 Å². The molecule has 0 bridgehead atoms. The number of nitrogens with one attached hydrogen (secondary N) is 3. The molecule has 2 aromatic rings. The monoisotopic (exact) mass is 390 g/mol. The Morgan fingerprint density at radius 2 is 2.04 bits per heavy atom. The summed E-state index contributed by atoms with van der Waals surface area (Å²) in [5, 5.41) is 9.32. The van der Waals surface area contributed by atoms with Crippen LogP contribution >= 0.6 is 11.6 Å². The predicted molar refractivity (Wildman–Crippen MR) is 107 cm³/mol. The van der Waals surface area contributed by atoms with Crippen molar-refractivity contribution in [1.29, 1.82) is 0 Å². The van der Waals surface area contributed by atoms with Crippen LogP contribution in [-0.2, 0) is 4.74 Å². The van der Waals surface area contributed by atoms with Crippen LogP contribution < -0.4 is 20.9 Å². The summed E-state index contributed by atoms with van der Waals surface area (Å²) in [4.78, 5) is 23.0. The molecule has 1 aliphatic rings. The highest BCUT2D eigenvalue weighted by Gasteiger charge is 2.14. The number of hydrogen-bond donors (Lipinski definition) is 3. The maximum Gasteiger partial charge on any atom is 0.319 e. The Kier molecular flexibility index (Phi) is 6.67. The van der Waals surface area contributed by atoms with Crippen LogP contribution in [-0.4, -0.2) is 55.4 Å². The topological polar surface area (TPSA) is 91.4 Å². The number of benzene rings is 1. The molecule has 27 heavy (non-hydrogen) atoms. The highest BCUT2D eigenvalue weighted by molar-refractivity contribution is 6.30. The second kappa shape index (κ2) is 9.38. The van der Waals surface area contributed by atoms with Gasteiger partial charge in [-0.15, -0.1) is 0 Å². The van der Waals surface area contributed by atoms with Gasteiger partial charge in [0.15, 0.2) is 0 Å². The van der Waals surface area contributed by atoms with E-state index < -0.39 is 0 Å². The number of halogens is 1. The van der Waals surface area contributed by atoms with Gasteiger partial charge in [0.1, 0.15) is 17.5 Å². The lowest BCUT2D eigenvalue weighted by atomic mass is 10.3. The molecule has 144 valence electrons. The van der Waals surface area contributed by atoms with Crippen LogP contribution in [0, 0.1) is 6.92 Å². The van der Waals surface area contributed by atoms with Gasteiger partial charge in [-0.1, -0.05) is 17.7 Å². The summed E-state index contributed by atoms with van der Waals surface area (Å²) in [5.41, 5.74) is 0.648. The average molecular weight is 391 g/mol. The van der Waals surface area contributed by atoms with Crippen LogP contribution in [0.25, 0.3) is 0 Å². The number of nitrogens with zero attached hydrogens (tertiary/aromatic N) is 3. The first-order valence-corrected chi connectivity index (χ1v) is 9.20. The Labute approximate surface area is 163 Å². The minimum Gasteiger partial charge on any atom is -0.378 e. The SMILES string of the molecule is Cc1nc(NCCNC(=O)Nc2cccc(Cl)c2)cc(N2CCOCC2)n1. The van der Waals surface area contributed by atoms with Gasteiger partial charge >= 0.3 is 6.03 Å². The predicted octanol–water partition coefficient (Wildman–Crippen LogP) is 2.51. The minimum atomic E-state index is -0.285. The van der Waals surface area contributed by atoms with E-state index in [9.17, 15) is 4.79 Å². The molecule has 1 fully saturated rings. The first-order chi connectivity index (χ1) is 13.1. The molecule has 1 aromatic heterocycles. The Balaban J connectivity index is 1.46. The number of carbonyl (C=O) groups is 1. The van der Waals surface area contributed by atoms with E-state index in [0.29, 0.717) is 42.8 Å². The molecule has 2 amide bonds. The highest BCUT2D eigenvalue weighted by Crippen LogP contribution is 2.17. The molecule has 0 radical (unpaired) electrons. The molecule has 9 heteroatoms. The van der Waals surface area contributed by atoms with Crippen molar-refractivity contribution in [3.63, 3.8) is 0 Å². The van der Waals surface area contributed by atoms with Crippen LogP contribution in [0.1, 0.15) is 5.82 Å². The number of ether oxygens (including phenoxy) is 1. The third-order valence-corrected chi connectivity index (χ3v) is 4.19. The molecule has 2 heterocycles. The van der Waals surface area contributed by atoms with Crippen LogP contribution in [0.3, 0.4) is 0 Å². The normalized spacial score (nSPS) is 13.9. The zero-order chi connectivity index (χ0) is 19.1. The van der Waals surface area contributed by atoms with Crippen LogP contribution in [0.15, 0.2) is 30.3 Å². The van der Waals surface area contributed by atoms with Crippen molar-refractivity contribution < 1.29 is 9.53 Å². The van der Waals surface area contributed by atoms with Gasteiger partial charge in [0.2, 0.25) is 0 Å². The van der Waals surface area contributed by atoms with E-state index in [1.807, 2.05) is 13.0 Å². The highest BCUT2D eigenvalue weighted by atomic mass is 35.5. The molecule has 0 atom stereocenters. The second-order valence-corrected chi connectivity index (χ2v) is 6.51. The van der Waals surface area contributed by atoms with Crippen molar-refractivity contribution in [2.45, 2.75) is 6.92 Å². The largest absolute Gasteiger partial charge is 0.378 e. The van der Waals surface area contributed by atoms with Gasteiger partial charge in [-0.25, -0.2) is 14.8 Å². The van der Waals surface area contributed by atoms with E-state index in [1.54, 1.807) is 24.3 Å². The van der Waals surface area contributed by atoms with Crippen molar-refractivity contribution in [3.05, 3.63) is 41.2 Å². The van der Waals surface area contributed by atoms with Crippen molar-refractivity contribution in [2.24, 2.45) is 0 Å². The molecule has 8 nitrogen and oxygen atoms in total. The summed E-state index contributed by atoms with van der Waals surface area (Å²) in [6, 6.07) is 8.64. The fraction of sp³-hybridized carbons (Fsp3) is 0.389. The summed E-state index contributed by atoms with van der Waals surface area (Å²) in [5.74, 6) is 2.33. The number of hydrogen-bond acceptors (Lipinski definition) is 6. The van der Waals surface area contributed by atoms with Gasteiger partial charge in [0.25, 0.3) is 0 Å². The van der Waals surface area contributed by atoms with Crippen LogP contribution in [0.4, 0.5) is 22.1 Å². The van der Waals surface area contributed by atoms with Gasteiger partial charge in [0.05, 0.1) is 13.2 Å². The van der Waals surface area contributed by atoms with E-state index >= 15 is 0 Å². The first kappa shape index (κ1) is 19.2. The molecule has 1 aromatic carbocycles. The van der Waals surface area contributed by atoms with Crippen molar-refractivity contribution >= 4 is 35.0 Å². The maximum atomic E-state index is 11.9.